The van der Waals surface area contributed by atoms with Crippen LogP contribution in [0.4, 0.5) is 17.1 Å². The van der Waals surface area contributed by atoms with Crippen molar-refractivity contribution in [1.82, 2.24) is 0 Å². The van der Waals surface area contributed by atoms with E-state index < -0.39 is 0 Å². The Balaban J connectivity index is 1.39. The van der Waals surface area contributed by atoms with Gasteiger partial charge in [-0.15, -0.1) is 0 Å². The van der Waals surface area contributed by atoms with E-state index in [4.69, 9.17) is 7.85 Å². The van der Waals surface area contributed by atoms with Gasteiger partial charge >= 0.3 is 0 Å². The number of anilines is 3. The van der Waals surface area contributed by atoms with Crippen LogP contribution in [-0.4, -0.2) is 7.85 Å². The summed E-state index contributed by atoms with van der Waals surface area (Å²) in [7, 11) is 6.20. The summed E-state index contributed by atoms with van der Waals surface area (Å²) in [4.78, 5) is 2.41. The van der Waals surface area contributed by atoms with Crippen molar-refractivity contribution in [2.45, 2.75) is 64.7 Å². The van der Waals surface area contributed by atoms with E-state index >= 15 is 0 Å². The van der Waals surface area contributed by atoms with Gasteiger partial charge in [0.05, 0.1) is 5.69 Å². The molecule has 2 aliphatic carbocycles. The van der Waals surface area contributed by atoms with Gasteiger partial charge in [-0.25, -0.2) is 0 Å². The zero-order valence-electron chi connectivity index (χ0n) is 28.3. The summed E-state index contributed by atoms with van der Waals surface area (Å²) in [5.41, 5.74) is 16.3. The number of hydrogen-bond donors (Lipinski definition) is 0. The van der Waals surface area contributed by atoms with Crippen molar-refractivity contribution in [3.05, 3.63) is 141 Å². The van der Waals surface area contributed by atoms with Crippen molar-refractivity contribution in [2.75, 3.05) is 4.90 Å². The standard InChI is InChI=1S/C44H39BBrN/c1-42(2,3)26-12-17-29(18-13-26)47(30-19-14-27(45)15-20-30)40-25-39-41(33-11-9-8-10-32(33)40)35-24-37-34(23-38(35)44(39,6)7)31-21-16-28(46)22-36(31)43(37,4)5/h8-25H,1-7H3. The van der Waals surface area contributed by atoms with Gasteiger partial charge in [-0.3, -0.25) is 0 Å². The molecule has 1 nitrogen and oxygen atoms in total. The molecule has 6 aromatic carbocycles. The number of halogens is 1. The average molecular weight is 673 g/mol. The van der Waals surface area contributed by atoms with E-state index in [1.54, 1.807) is 0 Å². The molecule has 0 bridgehead atoms. The molecular formula is C44H39BBrN. The van der Waals surface area contributed by atoms with Crippen LogP contribution < -0.4 is 10.4 Å². The van der Waals surface area contributed by atoms with E-state index in [1.807, 2.05) is 12.1 Å². The number of nitrogens with zero attached hydrogens (tertiary/aromatic N) is 1. The van der Waals surface area contributed by atoms with Crippen LogP contribution in [-0.2, 0) is 16.2 Å². The van der Waals surface area contributed by atoms with E-state index in [1.165, 1.54) is 66.5 Å². The van der Waals surface area contributed by atoms with Crippen molar-refractivity contribution in [1.29, 1.82) is 0 Å². The number of rotatable bonds is 3. The molecule has 0 aliphatic heterocycles. The number of fused-ring (bicyclic) bond motifs is 8. The highest BCUT2D eigenvalue weighted by molar-refractivity contribution is 9.10. The normalized spacial score (nSPS) is 15.2. The summed E-state index contributed by atoms with van der Waals surface area (Å²) >= 11 is 3.74. The Labute approximate surface area is 289 Å². The third-order valence-corrected chi connectivity index (χ3v) is 11.3. The highest BCUT2D eigenvalue weighted by atomic mass is 79.9. The smallest absolute Gasteiger partial charge is 0.113 e. The fourth-order valence-electron chi connectivity index (χ4n) is 8.11. The minimum atomic E-state index is -0.191. The van der Waals surface area contributed by atoms with Gasteiger partial charge in [0.15, 0.2) is 0 Å². The molecule has 0 heterocycles. The first-order valence-electron chi connectivity index (χ1n) is 16.6. The Hall–Kier alpha value is -4.08. The maximum Gasteiger partial charge on any atom is 0.113 e. The minimum Gasteiger partial charge on any atom is -0.310 e. The molecule has 6 aromatic rings. The molecule has 8 rings (SSSR count). The van der Waals surface area contributed by atoms with Gasteiger partial charge in [-0.1, -0.05) is 124 Å². The van der Waals surface area contributed by atoms with Gasteiger partial charge in [-0.2, -0.15) is 0 Å². The summed E-state index contributed by atoms with van der Waals surface area (Å²) in [6, 6.07) is 40.6. The lowest BCUT2D eigenvalue weighted by molar-refractivity contribution is 0.590. The second-order valence-corrected chi connectivity index (χ2v) is 16.4. The fraction of sp³-hybridized carbons (Fsp3) is 0.227. The van der Waals surface area contributed by atoms with Gasteiger partial charge in [0, 0.05) is 32.1 Å². The predicted molar refractivity (Wildman–Crippen MR) is 206 cm³/mol. The van der Waals surface area contributed by atoms with Gasteiger partial charge in [0.2, 0.25) is 0 Å². The van der Waals surface area contributed by atoms with Gasteiger partial charge in [-0.05, 0) is 115 Å². The van der Waals surface area contributed by atoms with Gasteiger partial charge in [0.25, 0.3) is 0 Å². The summed E-state index contributed by atoms with van der Waals surface area (Å²) in [5.74, 6) is 0. The van der Waals surface area contributed by atoms with Gasteiger partial charge in [0.1, 0.15) is 7.85 Å². The van der Waals surface area contributed by atoms with E-state index in [0.717, 1.165) is 21.3 Å². The fourth-order valence-corrected chi connectivity index (χ4v) is 8.47. The minimum absolute atomic E-state index is 0.0759. The van der Waals surface area contributed by atoms with E-state index in [2.05, 4.69) is 166 Å². The van der Waals surface area contributed by atoms with Crippen LogP contribution in [0.25, 0.3) is 33.0 Å². The number of benzene rings is 6. The molecule has 2 aliphatic rings. The predicted octanol–water partition coefficient (Wildman–Crippen LogP) is 11.8. The molecule has 0 atom stereocenters. The molecule has 0 N–H and O–H groups in total. The summed E-state index contributed by atoms with van der Waals surface area (Å²) in [6.07, 6.45) is 0. The van der Waals surface area contributed by atoms with Crippen LogP contribution in [0.15, 0.2) is 114 Å². The van der Waals surface area contributed by atoms with Crippen LogP contribution in [0.1, 0.15) is 76.3 Å². The molecule has 0 saturated carbocycles. The quantitative estimate of drug-likeness (QED) is 0.169. The first-order valence-corrected chi connectivity index (χ1v) is 17.4. The lowest BCUT2D eigenvalue weighted by Gasteiger charge is -2.30. The highest BCUT2D eigenvalue weighted by Gasteiger charge is 2.43. The molecule has 2 radical (unpaired) electrons. The maximum absolute atomic E-state index is 6.20. The summed E-state index contributed by atoms with van der Waals surface area (Å²) in [5, 5.41) is 2.52. The average Bonchev–Trinajstić information content (AvgIpc) is 3.39. The zero-order valence-corrected chi connectivity index (χ0v) is 29.9. The highest BCUT2D eigenvalue weighted by Crippen LogP contribution is 2.59. The summed E-state index contributed by atoms with van der Waals surface area (Å²) in [6.45, 7) is 16.3. The third-order valence-electron chi connectivity index (χ3n) is 10.8. The Morgan fingerprint density at radius 3 is 1.79 bits per heavy atom. The molecule has 0 aromatic heterocycles. The molecular weight excluding hydrogens is 633 g/mol. The Morgan fingerprint density at radius 1 is 0.574 bits per heavy atom. The second kappa shape index (κ2) is 10.2. The molecule has 3 heteroatoms. The molecule has 0 spiro atoms. The van der Waals surface area contributed by atoms with E-state index in [-0.39, 0.29) is 16.2 Å². The van der Waals surface area contributed by atoms with E-state index in [9.17, 15) is 0 Å². The summed E-state index contributed by atoms with van der Waals surface area (Å²) < 4.78 is 1.13. The van der Waals surface area contributed by atoms with Gasteiger partial charge < -0.3 is 4.90 Å². The number of hydrogen-bond acceptors (Lipinski definition) is 1. The topological polar surface area (TPSA) is 3.24 Å². The molecule has 230 valence electrons. The third kappa shape index (κ3) is 4.50. The van der Waals surface area contributed by atoms with E-state index in [0.29, 0.717) is 0 Å². The van der Waals surface area contributed by atoms with Crippen molar-refractivity contribution in [3.8, 4) is 22.3 Å². The van der Waals surface area contributed by atoms with Crippen molar-refractivity contribution in [2.24, 2.45) is 0 Å². The molecule has 0 amide bonds. The first kappa shape index (κ1) is 30.3. The van der Waals surface area contributed by atoms with Crippen LogP contribution in [0, 0.1) is 0 Å². The monoisotopic (exact) mass is 671 g/mol. The molecule has 0 saturated heterocycles. The van der Waals surface area contributed by atoms with Crippen LogP contribution in [0.3, 0.4) is 0 Å². The van der Waals surface area contributed by atoms with Crippen LogP contribution in [0.5, 0.6) is 0 Å². The maximum atomic E-state index is 6.20. The lowest BCUT2D eigenvalue weighted by atomic mass is 9.79. The molecule has 0 unspecified atom stereocenters. The SMILES string of the molecule is [B]c1ccc(N(c2ccc(C(C)(C)C)cc2)c2cc3c(c4ccccc24)-c2cc4c(cc2C3(C)C)-c2ccc(Br)cc2C4(C)C)cc1. The van der Waals surface area contributed by atoms with Crippen molar-refractivity contribution < 1.29 is 0 Å². The van der Waals surface area contributed by atoms with Crippen molar-refractivity contribution >= 4 is 57.1 Å². The van der Waals surface area contributed by atoms with Crippen LogP contribution in [0.2, 0.25) is 0 Å². The molecule has 47 heavy (non-hydrogen) atoms. The Bertz CT molecular complexity index is 2230. The molecule has 0 fully saturated rings. The Morgan fingerprint density at radius 2 is 1.13 bits per heavy atom. The Kier molecular flexibility index (Phi) is 6.58. The zero-order chi connectivity index (χ0) is 33.0. The second-order valence-electron chi connectivity index (χ2n) is 15.5. The van der Waals surface area contributed by atoms with Crippen LogP contribution >= 0.6 is 15.9 Å². The lowest BCUT2D eigenvalue weighted by Crippen LogP contribution is -2.18. The van der Waals surface area contributed by atoms with Crippen molar-refractivity contribution in [3.63, 3.8) is 0 Å². The largest absolute Gasteiger partial charge is 0.310 e. The first-order chi connectivity index (χ1) is 22.3.